The first-order valence-corrected chi connectivity index (χ1v) is 6.32. The maximum Gasteiger partial charge on any atom is 0.337 e. The minimum absolute atomic E-state index is 0.0363. The predicted octanol–water partition coefficient (Wildman–Crippen LogP) is 1.92. The number of carbonyl (C=O) groups excluding carboxylic acids is 1. The molecule has 1 aromatic heterocycles. The number of benzene rings is 1. The van der Waals surface area contributed by atoms with Crippen molar-refractivity contribution in [3.05, 3.63) is 29.5 Å². The highest BCUT2D eigenvalue weighted by molar-refractivity contribution is 5.95. The molecule has 1 N–H and O–H groups in total. The van der Waals surface area contributed by atoms with Crippen molar-refractivity contribution in [1.29, 1.82) is 0 Å². The van der Waals surface area contributed by atoms with Crippen LogP contribution in [0.5, 0.6) is 0 Å². The van der Waals surface area contributed by atoms with Gasteiger partial charge in [0.05, 0.1) is 23.9 Å². The van der Waals surface area contributed by atoms with Gasteiger partial charge in [-0.15, -0.1) is 0 Å². The van der Waals surface area contributed by atoms with Gasteiger partial charge in [0.1, 0.15) is 0 Å². The van der Waals surface area contributed by atoms with Crippen LogP contribution in [0.4, 0.5) is 0 Å². The Labute approximate surface area is 112 Å². The van der Waals surface area contributed by atoms with Crippen LogP contribution in [0.3, 0.4) is 0 Å². The lowest BCUT2D eigenvalue weighted by Gasteiger charge is -2.00. The van der Waals surface area contributed by atoms with Crippen molar-refractivity contribution in [2.75, 3.05) is 13.7 Å². The number of hydrogen-bond donors (Lipinski definition) is 1. The molecule has 0 aliphatic heterocycles. The van der Waals surface area contributed by atoms with E-state index in [1.807, 2.05) is 27.0 Å². The lowest BCUT2D eigenvalue weighted by atomic mass is 10.1. The van der Waals surface area contributed by atoms with Crippen molar-refractivity contribution in [3.63, 3.8) is 0 Å². The van der Waals surface area contributed by atoms with Gasteiger partial charge in [-0.2, -0.15) is 5.10 Å². The molecule has 0 amide bonds. The zero-order chi connectivity index (χ0) is 14.4. The van der Waals surface area contributed by atoms with E-state index in [0.29, 0.717) is 12.0 Å². The van der Waals surface area contributed by atoms with E-state index >= 15 is 0 Å². The van der Waals surface area contributed by atoms with Crippen LogP contribution >= 0.6 is 0 Å². The number of aryl methyl sites for hydroxylation is 1. The number of nitrogens with zero attached hydrogens (tertiary/aromatic N) is 2. The number of aliphatic hydroxyl groups is 1. The normalized spacial score (nSPS) is 9.95. The second-order valence-corrected chi connectivity index (χ2v) is 3.77. The number of ether oxygens (including phenoxy) is 1. The van der Waals surface area contributed by atoms with Gasteiger partial charge < -0.3 is 9.84 Å². The fourth-order valence-corrected chi connectivity index (χ4v) is 1.87. The van der Waals surface area contributed by atoms with Crippen LogP contribution in [0.15, 0.2) is 18.2 Å². The second kappa shape index (κ2) is 6.89. The summed E-state index contributed by atoms with van der Waals surface area (Å²) in [5, 5.41) is 14.2. The van der Waals surface area contributed by atoms with Crippen LogP contribution in [-0.4, -0.2) is 34.6 Å². The predicted molar refractivity (Wildman–Crippen MR) is 74.2 cm³/mol. The van der Waals surface area contributed by atoms with Crippen LogP contribution in [0.1, 0.15) is 29.9 Å². The monoisotopic (exact) mass is 264 g/mol. The fourth-order valence-electron chi connectivity index (χ4n) is 1.87. The summed E-state index contributed by atoms with van der Waals surface area (Å²) in [6.45, 7) is 4.04. The molecule has 0 atom stereocenters. The maximum atomic E-state index is 11.4. The van der Waals surface area contributed by atoms with Crippen LogP contribution in [0, 0.1) is 0 Å². The summed E-state index contributed by atoms with van der Waals surface area (Å²) in [6, 6.07) is 5.28. The molecule has 0 radical (unpaired) electrons. The first kappa shape index (κ1) is 15.2. The number of aliphatic hydroxyl groups excluding tert-OH is 1. The molecular weight excluding hydrogens is 244 g/mol. The zero-order valence-electron chi connectivity index (χ0n) is 11.8. The van der Waals surface area contributed by atoms with Gasteiger partial charge in [-0.25, -0.2) is 4.79 Å². The Morgan fingerprint density at radius 2 is 2.11 bits per heavy atom. The van der Waals surface area contributed by atoms with Gasteiger partial charge in [-0.3, -0.25) is 4.68 Å². The molecule has 5 nitrogen and oxygen atoms in total. The van der Waals surface area contributed by atoms with Crippen molar-refractivity contribution in [3.8, 4) is 0 Å². The molecule has 104 valence electrons. The van der Waals surface area contributed by atoms with Gasteiger partial charge in [0, 0.05) is 25.5 Å². The standard InChI is InChI=1S/C12H14N2O3.C2H6/c1-14-11-4-3-8(12(16)17-2)7-9(11)10(13-14)5-6-15;1-2/h3-4,7,15H,5-6H2,1-2H3;1-2H3. The first-order valence-electron chi connectivity index (χ1n) is 6.32. The molecule has 0 saturated carbocycles. The fraction of sp³-hybridized carbons (Fsp3) is 0.429. The zero-order valence-corrected chi connectivity index (χ0v) is 11.8. The van der Waals surface area contributed by atoms with Crippen LogP contribution in [0.25, 0.3) is 10.9 Å². The number of methoxy groups -OCH3 is 1. The summed E-state index contributed by atoms with van der Waals surface area (Å²) < 4.78 is 6.41. The molecule has 0 aliphatic rings. The van der Waals surface area contributed by atoms with E-state index < -0.39 is 0 Å². The Morgan fingerprint density at radius 1 is 1.42 bits per heavy atom. The molecule has 2 rings (SSSR count). The number of carbonyl (C=O) groups is 1. The van der Waals surface area contributed by atoms with E-state index in [1.165, 1.54) is 7.11 Å². The number of hydrogen-bond acceptors (Lipinski definition) is 4. The van der Waals surface area contributed by atoms with E-state index in [1.54, 1.807) is 16.8 Å². The van der Waals surface area contributed by atoms with Gasteiger partial charge in [-0.05, 0) is 18.2 Å². The number of aromatic nitrogens is 2. The molecule has 0 aliphatic carbocycles. The Balaban J connectivity index is 0.000000861. The third-order valence-corrected chi connectivity index (χ3v) is 2.70. The molecule has 5 heteroatoms. The van der Waals surface area contributed by atoms with Crippen molar-refractivity contribution in [1.82, 2.24) is 9.78 Å². The molecule has 0 bridgehead atoms. The van der Waals surface area contributed by atoms with E-state index in [-0.39, 0.29) is 12.6 Å². The molecule has 2 aromatic rings. The smallest absolute Gasteiger partial charge is 0.337 e. The van der Waals surface area contributed by atoms with Gasteiger partial charge in [0.2, 0.25) is 0 Å². The summed E-state index contributed by atoms with van der Waals surface area (Å²) in [5.41, 5.74) is 2.21. The first-order chi connectivity index (χ1) is 9.17. The molecule has 0 saturated heterocycles. The minimum Gasteiger partial charge on any atom is -0.465 e. The average Bonchev–Trinajstić information content (AvgIpc) is 2.77. The Kier molecular flexibility index (Phi) is 5.51. The van der Waals surface area contributed by atoms with Crippen molar-refractivity contribution in [2.45, 2.75) is 20.3 Å². The van der Waals surface area contributed by atoms with Crippen LogP contribution in [0.2, 0.25) is 0 Å². The third-order valence-electron chi connectivity index (χ3n) is 2.70. The number of fused-ring (bicyclic) bond motifs is 1. The van der Waals surface area contributed by atoms with Gasteiger partial charge >= 0.3 is 5.97 Å². The van der Waals surface area contributed by atoms with Crippen molar-refractivity contribution in [2.24, 2.45) is 7.05 Å². The van der Waals surface area contributed by atoms with Gasteiger partial charge in [0.15, 0.2) is 0 Å². The topological polar surface area (TPSA) is 64.3 Å². The van der Waals surface area contributed by atoms with E-state index in [9.17, 15) is 4.79 Å². The summed E-state index contributed by atoms with van der Waals surface area (Å²) in [4.78, 5) is 11.4. The largest absolute Gasteiger partial charge is 0.465 e. The summed E-state index contributed by atoms with van der Waals surface area (Å²) in [6.07, 6.45) is 0.474. The molecule has 1 aromatic carbocycles. The SMILES string of the molecule is CC.COC(=O)c1ccc2c(c1)c(CCO)nn2C. The van der Waals surface area contributed by atoms with Crippen molar-refractivity contribution >= 4 is 16.9 Å². The molecule has 1 heterocycles. The Bertz CT molecular complexity index is 561. The Hall–Kier alpha value is -1.88. The highest BCUT2D eigenvalue weighted by atomic mass is 16.5. The molecule has 0 fully saturated rings. The van der Waals surface area contributed by atoms with Crippen LogP contribution < -0.4 is 0 Å². The minimum atomic E-state index is -0.370. The molecule has 0 spiro atoms. The number of rotatable bonds is 3. The van der Waals surface area contributed by atoms with E-state index in [2.05, 4.69) is 9.84 Å². The highest BCUT2D eigenvalue weighted by Gasteiger charge is 2.12. The summed E-state index contributed by atoms with van der Waals surface area (Å²) in [5.74, 6) is -0.370. The highest BCUT2D eigenvalue weighted by Crippen LogP contribution is 2.20. The van der Waals surface area contributed by atoms with Gasteiger partial charge in [0.25, 0.3) is 0 Å². The third kappa shape index (κ3) is 3.12. The molecule has 0 unspecified atom stereocenters. The Morgan fingerprint density at radius 3 is 2.68 bits per heavy atom. The van der Waals surface area contributed by atoms with E-state index in [0.717, 1.165) is 16.6 Å². The van der Waals surface area contributed by atoms with Crippen molar-refractivity contribution < 1.29 is 14.6 Å². The maximum absolute atomic E-state index is 11.4. The van der Waals surface area contributed by atoms with Gasteiger partial charge in [-0.1, -0.05) is 13.8 Å². The summed E-state index contributed by atoms with van der Waals surface area (Å²) in [7, 11) is 3.19. The number of esters is 1. The molecular formula is C14H20N2O3. The lowest BCUT2D eigenvalue weighted by molar-refractivity contribution is 0.0601. The molecule has 19 heavy (non-hydrogen) atoms. The lowest BCUT2D eigenvalue weighted by Crippen LogP contribution is -2.00. The van der Waals surface area contributed by atoms with Crippen LogP contribution in [-0.2, 0) is 18.2 Å². The van der Waals surface area contributed by atoms with E-state index in [4.69, 9.17) is 5.11 Å². The average molecular weight is 264 g/mol. The quantitative estimate of drug-likeness (QED) is 0.860. The second-order valence-electron chi connectivity index (χ2n) is 3.77. The summed E-state index contributed by atoms with van der Waals surface area (Å²) >= 11 is 0.